The number of fused-ring (bicyclic) bond motifs is 1. The fourth-order valence-electron chi connectivity index (χ4n) is 4.57. The van der Waals surface area contributed by atoms with Gasteiger partial charge in [0.1, 0.15) is 0 Å². The Kier molecular flexibility index (Phi) is 5.52. The molecule has 1 N–H and O–H groups in total. The summed E-state index contributed by atoms with van der Waals surface area (Å²) in [6.07, 6.45) is 3.64. The maximum absolute atomic E-state index is 12.6. The minimum absolute atomic E-state index is 0.0334. The van der Waals surface area contributed by atoms with E-state index in [0.29, 0.717) is 12.3 Å². The third-order valence-corrected chi connectivity index (χ3v) is 6.57. The van der Waals surface area contributed by atoms with E-state index in [1.807, 2.05) is 13.8 Å². The van der Waals surface area contributed by atoms with Crippen molar-refractivity contribution in [3.05, 3.63) is 22.1 Å². The van der Waals surface area contributed by atoms with Crippen LogP contribution in [0.5, 0.6) is 0 Å². The van der Waals surface area contributed by atoms with E-state index in [9.17, 15) is 9.59 Å². The molecule has 3 atom stereocenters. The molecular weight excluding hydrogens is 346 g/mol. The van der Waals surface area contributed by atoms with Gasteiger partial charge in [0, 0.05) is 24.3 Å². The maximum atomic E-state index is 12.6. The van der Waals surface area contributed by atoms with Gasteiger partial charge in [-0.25, -0.2) is 4.98 Å². The van der Waals surface area contributed by atoms with E-state index in [1.165, 1.54) is 6.42 Å². The predicted octanol–water partition coefficient (Wildman–Crippen LogP) is 3.73. The molecule has 0 saturated heterocycles. The molecule has 6 heteroatoms. The molecule has 0 spiro atoms. The minimum Gasteiger partial charge on any atom is -0.353 e. The lowest BCUT2D eigenvalue weighted by Crippen LogP contribution is -2.43. The lowest BCUT2D eigenvalue weighted by molar-refractivity contribution is -0.123. The third-order valence-electron chi connectivity index (χ3n) is 5.47. The van der Waals surface area contributed by atoms with Crippen molar-refractivity contribution in [3.63, 3.8) is 0 Å². The molecule has 26 heavy (non-hydrogen) atoms. The van der Waals surface area contributed by atoms with Gasteiger partial charge in [0.05, 0.1) is 11.7 Å². The van der Waals surface area contributed by atoms with Gasteiger partial charge in [-0.2, -0.15) is 0 Å². The van der Waals surface area contributed by atoms with Crippen LogP contribution < -0.4 is 10.9 Å². The molecule has 0 radical (unpaired) electrons. The second-order valence-corrected chi connectivity index (χ2v) is 10.2. The molecule has 0 bridgehead atoms. The molecule has 1 aromatic rings. The summed E-state index contributed by atoms with van der Waals surface area (Å²) in [4.78, 5) is 29.8. The van der Waals surface area contributed by atoms with Gasteiger partial charge in [-0.15, -0.1) is 0 Å². The second-order valence-electron chi connectivity index (χ2n) is 9.17. The molecule has 1 aromatic heterocycles. The standard InChI is InChI=1S/C20H31N3O2S/c1-12(2)16-8-18(25)23-15(11-26-19(23)22-16)7-17(24)21-14-6-13(3)9-20(4,5)10-14/h8,12-15H,6-7,9-11H2,1-5H3,(H,21,24)/t13-,14-,15+/m0/s1. The first-order chi connectivity index (χ1) is 12.1. The molecule has 1 fully saturated rings. The highest BCUT2D eigenvalue weighted by atomic mass is 32.2. The summed E-state index contributed by atoms with van der Waals surface area (Å²) in [6, 6.07) is 1.77. The summed E-state index contributed by atoms with van der Waals surface area (Å²) in [5, 5.41) is 3.98. The van der Waals surface area contributed by atoms with E-state index in [4.69, 9.17) is 0 Å². The number of nitrogens with zero attached hydrogens (tertiary/aromatic N) is 2. The average Bonchev–Trinajstić information content (AvgIpc) is 2.88. The summed E-state index contributed by atoms with van der Waals surface area (Å²) in [5.74, 6) is 1.66. The Balaban J connectivity index is 1.66. The zero-order valence-electron chi connectivity index (χ0n) is 16.5. The van der Waals surface area contributed by atoms with Gasteiger partial charge in [-0.05, 0) is 36.5 Å². The fourth-order valence-corrected chi connectivity index (χ4v) is 5.73. The van der Waals surface area contributed by atoms with Crippen molar-refractivity contribution in [2.75, 3.05) is 5.75 Å². The van der Waals surface area contributed by atoms with E-state index >= 15 is 0 Å². The molecule has 1 saturated carbocycles. The van der Waals surface area contributed by atoms with E-state index in [0.717, 1.165) is 29.4 Å². The number of amides is 1. The third kappa shape index (κ3) is 4.33. The Hall–Kier alpha value is -1.30. The van der Waals surface area contributed by atoms with Crippen LogP contribution in [0.4, 0.5) is 0 Å². The van der Waals surface area contributed by atoms with E-state index in [1.54, 1.807) is 22.4 Å². The van der Waals surface area contributed by atoms with Gasteiger partial charge in [-0.1, -0.05) is 46.4 Å². The molecule has 1 aliphatic carbocycles. The van der Waals surface area contributed by atoms with Crippen LogP contribution in [0.15, 0.2) is 16.0 Å². The van der Waals surface area contributed by atoms with Crippen molar-refractivity contribution in [2.24, 2.45) is 11.3 Å². The predicted molar refractivity (Wildman–Crippen MR) is 106 cm³/mol. The van der Waals surface area contributed by atoms with Gasteiger partial charge in [0.25, 0.3) is 5.56 Å². The van der Waals surface area contributed by atoms with Crippen molar-refractivity contribution >= 4 is 17.7 Å². The van der Waals surface area contributed by atoms with Gasteiger partial charge >= 0.3 is 0 Å². The van der Waals surface area contributed by atoms with Crippen LogP contribution in [0, 0.1) is 11.3 Å². The van der Waals surface area contributed by atoms with Crippen molar-refractivity contribution < 1.29 is 4.79 Å². The summed E-state index contributed by atoms with van der Waals surface area (Å²) >= 11 is 1.58. The van der Waals surface area contributed by atoms with E-state index in [-0.39, 0.29) is 34.9 Å². The Morgan fingerprint density at radius 3 is 2.81 bits per heavy atom. The van der Waals surface area contributed by atoms with Crippen LogP contribution in [0.1, 0.15) is 78.0 Å². The summed E-state index contributed by atoms with van der Waals surface area (Å²) in [6.45, 7) is 10.9. The largest absolute Gasteiger partial charge is 0.353 e. The van der Waals surface area contributed by atoms with Gasteiger partial charge < -0.3 is 5.32 Å². The van der Waals surface area contributed by atoms with Crippen molar-refractivity contribution in [2.45, 2.75) is 83.5 Å². The number of hydrogen-bond acceptors (Lipinski definition) is 4. The number of carbonyl (C=O) groups excluding carboxylic acids is 1. The first-order valence-corrected chi connectivity index (χ1v) is 10.7. The van der Waals surface area contributed by atoms with Crippen LogP contribution in [0.25, 0.3) is 0 Å². The summed E-state index contributed by atoms with van der Waals surface area (Å²) < 4.78 is 1.71. The van der Waals surface area contributed by atoms with Gasteiger partial charge in [-0.3, -0.25) is 14.2 Å². The molecule has 3 rings (SSSR count). The monoisotopic (exact) mass is 377 g/mol. The Labute approximate surface area is 160 Å². The van der Waals surface area contributed by atoms with Crippen molar-refractivity contribution in [1.29, 1.82) is 0 Å². The first kappa shape index (κ1) is 19.5. The molecule has 2 heterocycles. The number of nitrogens with one attached hydrogen (secondary N) is 1. The Morgan fingerprint density at radius 2 is 2.15 bits per heavy atom. The Bertz CT molecular complexity index is 741. The van der Waals surface area contributed by atoms with Crippen LogP contribution in [-0.4, -0.2) is 27.3 Å². The second kappa shape index (κ2) is 7.37. The highest BCUT2D eigenvalue weighted by Gasteiger charge is 2.34. The number of thioether (sulfide) groups is 1. The number of hydrogen-bond donors (Lipinski definition) is 1. The topological polar surface area (TPSA) is 64.0 Å². The zero-order chi connectivity index (χ0) is 19.1. The van der Waals surface area contributed by atoms with E-state index < -0.39 is 0 Å². The SMILES string of the molecule is CC(C)c1cc(=O)n2c(n1)SC[C@H]2CC(=O)N[C@H]1C[C@H](C)CC(C)(C)C1. The smallest absolute Gasteiger partial charge is 0.254 e. The zero-order valence-corrected chi connectivity index (χ0v) is 17.4. The number of rotatable bonds is 4. The normalized spacial score (nSPS) is 27.4. The number of carbonyl (C=O) groups is 1. The minimum atomic E-state index is -0.0924. The lowest BCUT2D eigenvalue weighted by Gasteiger charge is -2.39. The Morgan fingerprint density at radius 1 is 1.42 bits per heavy atom. The van der Waals surface area contributed by atoms with Crippen molar-refractivity contribution in [1.82, 2.24) is 14.9 Å². The van der Waals surface area contributed by atoms with Crippen LogP contribution >= 0.6 is 11.8 Å². The molecule has 5 nitrogen and oxygen atoms in total. The van der Waals surface area contributed by atoms with Gasteiger partial charge in [0.2, 0.25) is 5.91 Å². The maximum Gasteiger partial charge on any atom is 0.254 e. The summed E-state index contributed by atoms with van der Waals surface area (Å²) in [7, 11) is 0. The van der Waals surface area contributed by atoms with Crippen LogP contribution in [-0.2, 0) is 4.79 Å². The quantitative estimate of drug-likeness (QED) is 0.812. The number of aromatic nitrogens is 2. The lowest BCUT2D eigenvalue weighted by atomic mass is 9.70. The van der Waals surface area contributed by atoms with Crippen LogP contribution in [0.3, 0.4) is 0 Å². The van der Waals surface area contributed by atoms with E-state index in [2.05, 4.69) is 31.1 Å². The fraction of sp³-hybridized carbons (Fsp3) is 0.750. The summed E-state index contributed by atoms with van der Waals surface area (Å²) in [5.41, 5.74) is 1.07. The first-order valence-electron chi connectivity index (χ1n) is 9.70. The highest BCUT2D eigenvalue weighted by Crippen LogP contribution is 2.39. The molecule has 0 aromatic carbocycles. The molecule has 1 aliphatic heterocycles. The molecule has 2 aliphatic rings. The molecule has 144 valence electrons. The highest BCUT2D eigenvalue weighted by molar-refractivity contribution is 7.99. The molecule has 0 unspecified atom stereocenters. The average molecular weight is 378 g/mol. The van der Waals surface area contributed by atoms with Gasteiger partial charge in [0.15, 0.2) is 5.16 Å². The molecular formula is C20H31N3O2S. The van der Waals surface area contributed by atoms with Crippen molar-refractivity contribution in [3.8, 4) is 0 Å². The van der Waals surface area contributed by atoms with Crippen LogP contribution in [0.2, 0.25) is 0 Å². The molecule has 1 amide bonds.